The van der Waals surface area contributed by atoms with Crippen molar-refractivity contribution in [3.63, 3.8) is 0 Å². The Kier molecular flexibility index (Phi) is 7.30. The summed E-state index contributed by atoms with van der Waals surface area (Å²) in [5.74, 6) is 3.01. The van der Waals surface area contributed by atoms with Crippen LogP contribution in [-0.2, 0) is 0 Å². The fourth-order valence-corrected chi connectivity index (χ4v) is 1.92. The van der Waals surface area contributed by atoms with Gasteiger partial charge in [-0.05, 0) is 33.1 Å². The molecule has 114 valence electrons. The van der Waals surface area contributed by atoms with Crippen molar-refractivity contribution in [1.82, 2.24) is 9.97 Å². The topological polar surface area (TPSA) is 70.1 Å². The summed E-state index contributed by atoms with van der Waals surface area (Å²) in [7, 11) is 0. The van der Waals surface area contributed by atoms with Crippen molar-refractivity contribution >= 4 is 11.6 Å². The molecule has 0 aliphatic carbocycles. The first-order valence-corrected chi connectivity index (χ1v) is 7.57. The van der Waals surface area contributed by atoms with Crippen molar-refractivity contribution in [2.45, 2.75) is 52.9 Å². The van der Waals surface area contributed by atoms with Crippen molar-refractivity contribution < 1.29 is 5.11 Å². The highest BCUT2D eigenvalue weighted by molar-refractivity contribution is 5.57. The number of hydrogen-bond acceptors (Lipinski definition) is 5. The standard InChI is InChI=1S/C15H28N4O/c1-5-16-14-12(4)15(17-9-7-6-8-10-20)19-13(18-14)11(2)3/h11,20H,5-10H2,1-4H3,(H2,16,17,18,19). The van der Waals surface area contributed by atoms with E-state index in [1.54, 1.807) is 0 Å². The van der Waals surface area contributed by atoms with Gasteiger partial charge in [-0.2, -0.15) is 0 Å². The largest absolute Gasteiger partial charge is 0.396 e. The van der Waals surface area contributed by atoms with Crippen molar-refractivity contribution in [3.05, 3.63) is 11.4 Å². The Morgan fingerprint density at radius 3 is 2.25 bits per heavy atom. The lowest BCUT2D eigenvalue weighted by Gasteiger charge is -2.15. The Morgan fingerprint density at radius 1 is 1.05 bits per heavy atom. The van der Waals surface area contributed by atoms with E-state index in [1.807, 2.05) is 6.92 Å². The third-order valence-corrected chi connectivity index (χ3v) is 3.15. The van der Waals surface area contributed by atoms with E-state index in [2.05, 4.69) is 41.4 Å². The van der Waals surface area contributed by atoms with Gasteiger partial charge in [-0.3, -0.25) is 0 Å². The molecule has 0 saturated carbocycles. The van der Waals surface area contributed by atoms with Crippen LogP contribution in [0.25, 0.3) is 0 Å². The van der Waals surface area contributed by atoms with Crippen LogP contribution in [0.1, 0.15) is 57.3 Å². The zero-order chi connectivity index (χ0) is 15.0. The predicted octanol–water partition coefficient (Wildman–Crippen LogP) is 2.91. The number of aromatic nitrogens is 2. The van der Waals surface area contributed by atoms with Crippen LogP contribution >= 0.6 is 0 Å². The number of anilines is 2. The van der Waals surface area contributed by atoms with E-state index in [0.717, 1.165) is 55.4 Å². The summed E-state index contributed by atoms with van der Waals surface area (Å²) in [5, 5.41) is 15.5. The molecule has 0 saturated heterocycles. The van der Waals surface area contributed by atoms with E-state index in [-0.39, 0.29) is 6.61 Å². The molecule has 0 unspecified atom stereocenters. The van der Waals surface area contributed by atoms with Crippen molar-refractivity contribution in [2.24, 2.45) is 0 Å². The Morgan fingerprint density at radius 2 is 1.70 bits per heavy atom. The molecule has 0 fully saturated rings. The molecule has 0 aliphatic rings. The molecule has 20 heavy (non-hydrogen) atoms. The van der Waals surface area contributed by atoms with Gasteiger partial charge < -0.3 is 15.7 Å². The number of nitrogens with one attached hydrogen (secondary N) is 2. The van der Waals surface area contributed by atoms with E-state index in [0.29, 0.717) is 5.92 Å². The summed E-state index contributed by atoms with van der Waals surface area (Å²) in [5.41, 5.74) is 1.07. The highest BCUT2D eigenvalue weighted by atomic mass is 16.2. The summed E-state index contributed by atoms with van der Waals surface area (Å²) in [6.07, 6.45) is 2.94. The minimum atomic E-state index is 0.272. The van der Waals surface area contributed by atoms with Crippen molar-refractivity contribution in [3.8, 4) is 0 Å². The van der Waals surface area contributed by atoms with Crippen LogP contribution in [0.3, 0.4) is 0 Å². The highest BCUT2D eigenvalue weighted by Gasteiger charge is 2.12. The summed E-state index contributed by atoms with van der Waals surface area (Å²) in [6.45, 7) is 10.3. The molecule has 1 aromatic rings. The molecule has 0 aliphatic heterocycles. The maximum atomic E-state index is 8.77. The maximum Gasteiger partial charge on any atom is 0.135 e. The molecule has 0 amide bonds. The molecular weight excluding hydrogens is 252 g/mol. The van der Waals surface area contributed by atoms with Gasteiger partial charge in [0.25, 0.3) is 0 Å². The minimum Gasteiger partial charge on any atom is -0.396 e. The van der Waals surface area contributed by atoms with Gasteiger partial charge in [0.15, 0.2) is 0 Å². The van der Waals surface area contributed by atoms with Crippen LogP contribution in [0, 0.1) is 6.92 Å². The molecule has 0 atom stereocenters. The average Bonchev–Trinajstić information content (AvgIpc) is 2.42. The first-order valence-electron chi connectivity index (χ1n) is 7.57. The van der Waals surface area contributed by atoms with E-state index in [1.165, 1.54) is 0 Å². The first kappa shape index (κ1) is 16.7. The smallest absolute Gasteiger partial charge is 0.135 e. The van der Waals surface area contributed by atoms with Gasteiger partial charge in [0, 0.05) is 31.2 Å². The summed E-state index contributed by atoms with van der Waals surface area (Å²) >= 11 is 0. The summed E-state index contributed by atoms with van der Waals surface area (Å²) in [6, 6.07) is 0. The van der Waals surface area contributed by atoms with Gasteiger partial charge >= 0.3 is 0 Å². The SMILES string of the molecule is CCNc1nc(C(C)C)nc(NCCCCCO)c1C. The molecule has 3 N–H and O–H groups in total. The monoisotopic (exact) mass is 280 g/mol. The minimum absolute atomic E-state index is 0.272. The van der Waals surface area contributed by atoms with E-state index in [9.17, 15) is 0 Å². The van der Waals surface area contributed by atoms with E-state index >= 15 is 0 Å². The fourth-order valence-electron chi connectivity index (χ4n) is 1.92. The zero-order valence-electron chi connectivity index (χ0n) is 13.2. The zero-order valence-corrected chi connectivity index (χ0v) is 13.2. The molecule has 0 radical (unpaired) electrons. The van der Waals surface area contributed by atoms with Crippen LogP contribution in [0.4, 0.5) is 11.6 Å². The number of unbranched alkanes of at least 4 members (excludes halogenated alkanes) is 2. The number of aliphatic hydroxyl groups excluding tert-OH is 1. The average molecular weight is 280 g/mol. The predicted molar refractivity (Wildman–Crippen MR) is 84.4 cm³/mol. The fraction of sp³-hybridized carbons (Fsp3) is 0.733. The van der Waals surface area contributed by atoms with Gasteiger partial charge in [-0.1, -0.05) is 13.8 Å². The lowest BCUT2D eigenvalue weighted by atomic mass is 10.2. The van der Waals surface area contributed by atoms with Gasteiger partial charge in [-0.15, -0.1) is 0 Å². The Hall–Kier alpha value is -1.36. The lowest BCUT2D eigenvalue weighted by Crippen LogP contribution is -2.12. The number of nitrogens with zero attached hydrogens (tertiary/aromatic N) is 2. The van der Waals surface area contributed by atoms with Crippen LogP contribution < -0.4 is 10.6 Å². The molecule has 1 rings (SSSR count). The van der Waals surface area contributed by atoms with Gasteiger partial charge in [-0.25, -0.2) is 9.97 Å². The quantitative estimate of drug-likeness (QED) is 0.607. The summed E-state index contributed by atoms with van der Waals surface area (Å²) in [4.78, 5) is 9.21. The van der Waals surface area contributed by atoms with Crippen LogP contribution in [0.2, 0.25) is 0 Å². The normalized spacial score (nSPS) is 10.9. The second-order valence-corrected chi connectivity index (χ2v) is 5.30. The van der Waals surface area contributed by atoms with Crippen LogP contribution in [0.15, 0.2) is 0 Å². The second-order valence-electron chi connectivity index (χ2n) is 5.30. The molecular formula is C15H28N4O. The number of aliphatic hydroxyl groups is 1. The van der Waals surface area contributed by atoms with Gasteiger partial charge in [0.2, 0.25) is 0 Å². The molecule has 1 aromatic heterocycles. The molecule has 5 nitrogen and oxygen atoms in total. The van der Waals surface area contributed by atoms with Crippen LogP contribution in [-0.4, -0.2) is 34.8 Å². The van der Waals surface area contributed by atoms with E-state index in [4.69, 9.17) is 5.11 Å². The first-order chi connectivity index (χ1) is 9.60. The molecule has 5 heteroatoms. The Bertz CT molecular complexity index is 407. The van der Waals surface area contributed by atoms with Crippen LogP contribution in [0.5, 0.6) is 0 Å². The third-order valence-electron chi connectivity index (χ3n) is 3.15. The van der Waals surface area contributed by atoms with E-state index < -0.39 is 0 Å². The molecule has 1 heterocycles. The molecule has 0 spiro atoms. The van der Waals surface area contributed by atoms with Gasteiger partial charge in [0.05, 0.1) is 0 Å². The number of rotatable bonds is 9. The second kappa shape index (κ2) is 8.74. The number of hydrogen-bond donors (Lipinski definition) is 3. The maximum absolute atomic E-state index is 8.77. The lowest BCUT2D eigenvalue weighted by molar-refractivity contribution is 0.283. The molecule has 0 aromatic carbocycles. The van der Waals surface area contributed by atoms with Gasteiger partial charge in [0.1, 0.15) is 17.5 Å². The third kappa shape index (κ3) is 4.96. The Labute approximate surface area is 122 Å². The Balaban J connectivity index is 2.76. The molecule has 0 bridgehead atoms. The highest BCUT2D eigenvalue weighted by Crippen LogP contribution is 2.23. The van der Waals surface area contributed by atoms with Crippen molar-refractivity contribution in [1.29, 1.82) is 0 Å². The summed E-state index contributed by atoms with van der Waals surface area (Å²) < 4.78 is 0. The van der Waals surface area contributed by atoms with Crippen molar-refractivity contribution in [2.75, 3.05) is 30.3 Å².